The SMILES string of the molecule is CCNC(=NCC(O)c1ccc(Cl)cc1)NC1CCN(Cc2ccc(F)cc2)CC1. The average molecular weight is 433 g/mol. The lowest BCUT2D eigenvalue weighted by molar-refractivity contribution is 0.186. The van der Waals surface area contributed by atoms with E-state index in [1.165, 1.54) is 12.1 Å². The van der Waals surface area contributed by atoms with Gasteiger partial charge < -0.3 is 15.7 Å². The Morgan fingerprint density at radius 1 is 1.17 bits per heavy atom. The lowest BCUT2D eigenvalue weighted by Gasteiger charge is -2.33. The number of likely N-dealkylation sites (tertiary alicyclic amines) is 1. The van der Waals surface area contributed by atoms with Crippen LogP contribution in [0.3, 0.4) is 0 Å². The number of aliphatic hydroxyl groups is 1. The summed E-state index contributed by atoms with van der Waals surface area (Å²) < 4.78 is 13.1. The van der Waals surface area contributed by atoms with Crippen LogP contribution < -0.4 is 10.6 Å². The third-order valence-corrected chi connectivity index (χ3v) is 5.52. The summed E-state index contributed by atoms with van der Waals surface area (Å²) in [5, 5.41) is 17.8. The van der Waals surface area contributed by atoms with Gasteiger partial charge in [-0.15, -0.1) is 0 Å². The number of hydrogen-bond donors (Lipinski definition) is 3. The topological polar surface area (TPSA) is 59.9 Å². The molecule has 2 aromatic carbocycles. The standard InChI is InChI=1S/C23H30ClFN4O/c1-2-26-23(27-15-22(30)18-5-7-19(24)8-6-18)28-21-11-13-29(14-12-21)16-17-3-9-20(25)10-4-17/h3-10,21-22,30H,2,11-16H2,1H3,(H2,26,27,28). The fourth-order valence-corrected chi connectivity index (χ4v) is 3.69. The van der Waals surface area contributed by atoms with Crippen molar-refractivity contribution in [3.05, 3.63) is 70.5 Å². The predicted molar refractivity (Wildman–Crippen MR) is 120 cm³/mol. The summed E-state index contributed by atoms with van der Waals surface area (Å²) in [6, 6.07) is 14.2. The number of halogens is 2. The number of hydrogen-bond acceptors (Lipinski definition) is 3. The summed E-state index contributed by atoms with van der Waals surface area (Å²) in [6.07, 6.45) is 1.34. The van der Waals surface area contributed by atoms with Gasteiger partial charge in [0.2, 0.25) is 0 Å². The maximum atomic E-state index is 13.1. The minimum atomic E-state index is -0.671. The van der Waals surface area contributed by atoms with Crippen LogP contribution in [0.15, 0.2) is 53.5 Å². The van der Waals surface area contributed by atoms with E-state index in [2.05, 4.69) is 20.5 Å². The second-order valence-electron chi connectivity index (χ2n) is 7.61. The van der Waals surface area contributed by atoms with Gasteiger partial charge in [-0.25, -0.2) is 4.39 Å². The van der Waals surface area contributed by atoms with Crippen LogP contribution in [0.2, 0.25) is 5.02 Å². The Morgan fingerprint density at radius 3 is 2.47 bits per heavy atom. The van der Waals surface area contributed by atoms with Crippen LogP contribution in [0, 0.1) is 5.82 Å². The zero-order valence-corrected chi connectivity index (χ0v) is 18.1. The summed E-state index contributed by atoms with van der Waals surface area (Å²) in [5.74, 6) is 0.528. The van der Waals surface area contributed by atoms with E-state index in [0.717, 1.165) is 56.1 Å². The number of aliphatic imine (C=N–C) groups is 1. The predicted octanol–water partition coefficient (Wildman–Crippen LogP) is 3.73. The highest BCUT2D eigenvalue weighted by molar-refractivity contribution is 6.30. The van der Waals surface area contributed by atoms with Gasteiger partial charge in [0.15, 0.2) is 5.96 Å². The van der Waals surface area contributed by atoms with Crippen molar-refractivity contribution in [3.63, 3.8) is 0 Å². The monoisotopic (exact) mass is 432 g/mol. The molecule has 3 rings (SSSR count). The van der Waals surface area contributed by atoms with Crippen LogP contribution >= 0.6 is 11.6 Å². The number of benzene rings is 2. The first kappa shape index (κ1) is 22.5. The number of guanidine groups is 1. The largest absolute Gasteiger partial charge is 0.386 e. The van der Waals surface area contributed by atoms with E-state index < -0.39 is 6.10 Å². The zero-order valence-electron chi connectivity index (χ0n) is 17.3. The van der Waals surface area contributed by atoms with Crippen molar-refractivity contribution in [2.45, 2.75) is 38.5 Å². The molecule has 5 nitrogen and oxygen atoms in total. The molecular weight excluding hydrogens is 403 g/mol. The molecule has 1 heterocycles. The average Bonchev–Trinajstić information content (AvgIpc) is 2.75. The van der Waals surface area contributed by atoms with Gasteiger partial charge in [0.05, 0.1) is 12.6 Å². The van der Waals surface area contributed by atoms with Crippen molar-refractivity contribution < 1.29 is 9.50 Å². The van der Waals surface area contributed by atoms with Gasteiger partial charge in [0.1, 0.15) is 5.82 Å². The quantitative estimate of drug-likeness (QED) is 0.461. The first-order valence-electron chi connectivity index (χ1n) is 10.5. The molecule has 1 aliphatic rings. The lowest BCUT2D eigenvalue weighted by Crippen LogP contribution is -2.48. The minimum Gasteiger partial charge on any atom is -0.386 e. The second-order valence-corrected chi connectivity index (χ2v) is 8.04. The Morgan fingerprint density at radius 2 is 1.83 bits per heavy atom. The molecule has 1 atom stereocenters. The number of nitrogens with one attached hydrogen (secondary N) is 2. The number of rotatable bonds is 7. The number of aliphatic hydroxyl groups excluding tert-OH is 1. The molecule has 1 fully saturated rings. The summed E-state index contributed by atoms with van der Waals surface area (Å²) >= 11 is 5.91. The molecule has 7 heteroatoms. The molecule has 30 heavy (non-hydrogen) atoms. The van der Waals surface area contributed by atoms with E-state index in [1.54, 1.807) is 12.1 Å². The van der Waals surface area contributed by atoms with Gasteiger partial charge >= 0.3 is 0 Å². The third-order valence-electron chi connectivity index (χ3n) is 5.27. The van der Waals surface area contributed by atoms with Crippen molar-refractivity contribution in [2.24, 2.45) is 4.99 Å². The smallest absolute Gasteiger partial charge is 0.191 e. The Balaban J connectivity index is 1.48. The van der Waals surface area contributed by atoms with Gasteiger partial charge in [-0.1, -0.05) is 35.9 Å². The van der Waals surface area contributed by atoms with E-state index in [1.807, 2.05) is 31.2 Å². The lowest BCUT2D eigenvalue weighted by atomic mass is 10.0. The highest BCUT2D eigenvalue weighted by Gasteiger charge is 2.20. The van der Waals surface area contributed by atoms with Gasteiger partial charge in [-0.2, -0.15) is 0 Å². The van der Waals surface area contributed by atoms with Crippen molar-refractivity contribution in [1.29, 1.82) is 0 Å². The van der Waals surface area contributed by atoms with Crippen molar-refractivity contribution in [1.82, 2.24) is 15.5 Å². The molecule has 0 saturated carbocycles. The fraction of sp³-hybridized carbons (Fsp3) is 0.435. The van der Waals surface area contributed by atoms with Crippen LogP contribution in [0.5, 0.6) is 0 Å². The highest BCUT2D eigenvalue weighted by Crippen LogP contribution is 2.17. The number of nitrogens with zero attached hydrogens (tertiary/aromatic N) is 2. The van der Waals surface area contributed by atoms with Gasteiger partial charge in [0, 0.05) is 37.2 Å². The molecule has 0 spiro atoms. The fourth-order valence-electron chi connectivity index (χ4n) is 3.56. The first-order chi connectivity index (χ1) is 14.5. The van der Waals surface area contributed by atoms with Crippen molar-refractivity contribution in [3.8, 4) is 0 Å². The normalized spacial score (nSPS) is 17.0. The van der Waals surface area contributed by atoms with E-state index in [9.17, 15) is 9.50 Å². The summed E-state index contributed by atoms with van der Waals surface area (Å²) in [7, 11) is 0. The van der Waals surface area contributed by atoms with Gasteiger partial charge in [-0.05, 0) is 55.2 Å². The van der Waals surface area contributed by atoms with Crippen LogP contribution in [0.25, 0.3) is 0 Å². The van der Waals surface area contributed by atoms with Crippen LogP contribution in [0.1, 0.15) is 37.0 Å². The molecule has 2 aromatic rings. The van der Waals surface area contributed by atoms with Crippen LogP contribution in [0.4, 0.5) is 4.39 Å². The van der Waals surface area contributed by atoms with Gasteiger partial charge in [0.25, 0.3) is 0 Å². The molecule has 162 valence electrons. The van der Waals surface area contributed by atoms with Gasteiger partial charge in [-0.3, -0.25) is 9.89 Å². The van der Waals surface area contributed by atoms with E-state index in [0.29, 0.717) is 11.1 Å². The minimum absolute atomic E-state index is 0.196. The third kappa shape index (κ3) is 6.97. The molecule has 0 amide bonds. The Kier molecular flexibility index (Phi) is 8.49. The maximum absolute atomic E-state index is 13.1. The Hall–Kier alpha value is -2.15. The van der Waals surface area contributed by atoms with Crippen molar-refractivity contribution >= 4 is 17.6 Å². The van der Waals surface area contributed by atoms with E-state index in [4.69, 9.17) is 11.6 Å². The van der Waals surface area contributed by atoms with E-state index in [-0.39, 0.29) is 12.4 Å². The summed E-state index contributed by atoms with van der Waals surface area (Å²) in [4.78, 5) is 6.95. The first-order valence-corrected chi connectivity index (χ1v) is 10.9. The second kappa shape index (κ2) is 11.3. The highest BCUT2D eigenvalue weighted by atomic mass is 35.5. The molecule has 1 aliphatic heterocycles. The Labute approximate surface area is 183 Å². The molecular formula is C23H30ClFN4O. The molecule has 3 N–H and O–H groups in total. The van der Waals surface area contributed by atoms with Crippen LogP contribution in [-0.2, 0) is 6.54 Å². The molecule has 0 aromatic heterocycles. The molecule has 0 radical (unpaired) electrons. The number of piperidine rings is 1. The Bertz CT molecular complexity index is 805. The molecule has 0 bridgehead atoms. The summed E-state index contributed by atoms with van der Waals surface area (Å²) in [6.45, 7) is 5.85. The molecule has 1 unspecified atom stereocenters. The maximum Gasteiger partial charge on any atom is 0.191 e. The van der Waals surface area contributed by atoms with E-state index >= 15 is 0 Å². The molecule has 1 saturated heterocycles. The van der Waals surface area contributed by atoms with Crippen LogP contribution in [-0.4, -0.2) is 48.2 Å². The summed E-state index contributed by atoms with van der Waals surface area (Å²) in [5.41, 5.74) is 1.93. The molecule has 0 aliphatic carbocycles. The van der Waals surface area contributed by atoms with Crippen molar-refractivity contribution in [2.75, 3.05) is 26.2 Å². The zero-order chi connectivity index (χ0) is 21.3.